The molecule has 1 heterocycles. The minimum absolute atomic E-state index is 0.142. The molecule has 1 aliphatic carbocycles. The molecule has 0 bridgehead atoms. The minimum atomic E-state index is -0.435. The number of ether oxygens (including phenoxy) is 1. The highest BCUT2D eigenvalue weighted by molar-refractivity contribution is 5.94. The standard InChI is InChI=1S/C15H21N3O4/c1-22-14(20)8-12(10-5-3-2-4-6-10)17-15(21)11-7-13(19)18-16-9-11/h7,9-10,12H,2-6,8H2,1H3,(H,17,21)(H,18,19). The SMILES string of the molecule is COC(=O)CC(NC(=O)c1cn[nH]c(=O)c1)C1CCCCC1. The fraction of sp³-hybridized carbons (Fsp3) is 0.600. The van der Waals surface area contributed by atoms with Crippen LogP contribution >= 0.6 is 0 Å². The zero-order valence-corrected chi connectivity index (χ0v) is 12.6. The Morgan fingerprint density at radius 2 is 2.14 bits per heavy atom. The molecule has 0 aromatic carbocycles. The number of rotatable bonds is 5. The van der Waals surface area contributed by atoms with E-state index in [2.05, 4.69) is 15.5 Å². The van der Waals surface area contributed by atoms with Crippen molar-refractivity contribution in [1.29, 1.82) is 0 Å². The predicted octanol–water partition coefficient (Wildman–Crippen LogP) is 1.01. The Balaban J connectivity index is 2.08. The first-order valence-corrected chi connectivity index (χ1v) is 7.52. The zero-order chi connectivity index (χ0) is 15.9. The second kappa shape index (κ2) is 7.72. The van der Waals surface area contributed by atoms with Gasteiger partial charge in [-0.1, -0.05) is 19.3 Å². The number of nitrogens with one attached hydrogen (secondary N) is 2. The van der Waals surface area contributed by atoms with Gasteiger partial charge >= 0.3 is 5.97 Å². The van der Waals surface area contributed by atoms with Gasteiger partial charge in [0.15, 0.2) is 0 Å². The van der Waals surface area contributed by atoms with Gasteiger partial charge in [-0.15, -0.1) is 0 Å². The smallest absolute Gasteiger partial charge is 0.307 e. The van der Waals surface area contributed by atoms with Gasteiger partial charge in [-0.25, -0.2) is 5.10 Å². The number of carbonyl (C=O) groups is 2. The zero-order valence-electron chi connectivity index (χ0n) is 12.6. The molecular weight excluding hydrogens is 286 g/mol. The molecule has 0 aliphatic heterocycles. The lowest BCUT2D eigenvalue weighted by Gasteiger charge is -2.30. The van der Waals surface area contributed by atoms with Crippen LogP contribution < -0.4 is 10.9 Å². The topological polar surface area (TPSA) is 101 Å². The monoisotopic (exact) mass is 307 g/mol. The van der Waals surface area contributed by atoms with Gasteiger partial charge in [0.1, 0.15) is 0 Å². The van der Waals surface area contributed by atoms with Crippen molar-refractivity contribution in [3.05, 3.63) is 28.2 Å². The van der Waals surface area contributed by atoms with Crippen LogP contribution in [0.3, 0.4) is 0 Å². The molecule has 7 nitrogen and oxygen atoms in total. The quantitative estimate of drug-likeness (QED) is 0.791. The van der Waals surface area contributed by atoms with Crippen LogP contribution in [-0.4, -0.2) is 35.2 Å². The van der Waals surface area contributed by atoms with Crippen molar-refractivity contribution in [3.8, 4) is 0 Å². The van der Waals surface area contributed by atoms with Crippen LogP contribution in [0.5, 0.6) is 0 Å². The largest absolute Gasteiger partial charge is 0.469 e. The summed E-state index contributed by atoms with van der Waals surface area (Å²) in [7, 11) is 1.34. The summed E-state index contributed by atoms with van der Waals surface area (Å²) in [6, 6.07) is 0.915. The highest BCUT2D eigenvalue weighted by Crippen LogP contribution is 2.28. The molecule has 120 valence electrons. The summed E-state index contributed by atoms with van der Waals surface area (Å²) in [6.07, 6.45) is 6.80. The predicted molar refractivity (Wildman–Crippen MR) is 79.3 cm³/mol. The number of methoxy groups -OCH3 is 1. The average Bonchev–Trinajstić information content (AvgIpc) is 2.54. The van der Waals surface area contributed by atoms with Crippen LogP contribution in [0.1, 0.15) is 48.9 Å². The third kappa shape index (κ3) is 4.41. The van der Waals surface area contributed by atoms with Gasteiger partial charge in [-0.05, 0) is 18.8 Å². The third-order valence-electron chi connectivity index (χ3n) is 4.08. The van der Waals surface area contributed by atoms with E-state index in [-0.39, 0.29) is 29.9 Å². The van der Waals surface area contributed by atoms with Gasteiger partial charge in [0.2, 0.25) is 0 Å². The Labute approximate surface area is 128 Å². The molecule has 2 N–H and O–H groups in total. The minimum Gasteiger partial charge on any atom is -0.469 e. The highest BCUT2D eigenvalue weighted by Gasteiger charge is 2.28. The fourth-order valence-corrected chi connectivity index (χ4v) is 2.89. The molecule has 0 spiro atoms. The second-order valence-electron chi connectivity index (χ2n) is 5.59. The first-order chi connectivity index (χ1) is 10.6. The van der Waals surface area contributed by atoms with Crippen LogP contribution in [0.2, 0.25) is 0 Å². The molecule has 1 saturated carbocycles. The van der Waals surface area contributed by atoms with Gasteiger partial charge in [-0.2, -0.15) is 5.10 Å². The lowest BCUT2D eigenvalue weighted by atomic mass is 9.82. The maximum absolute atomic E-state index is 12.3. The summed E-state index contributed by atoms with van der Waals surface area (Å²) < 4.78 is 4.72. The number of aromatic nitrogens is 2. The highest BCUT2D eigenvalue weighted by atomic mass is 16.5. The lowest BCUT2D eigenvalue weighted by molar-refractivity contribution is -0.141. The molecule has 22 heavy (non-hydrogen) atoms. The Morgan fingerprint density at radius 3 is 2.77 bits per heavy atom. The number of aromatic amines is 1. The first kappa shape index (κ1) is 16.2. The van der Waals surface area contributed by atoms with E-state index in [9.17, 15) is 14.4 Å². The van der Waals surface area contributed by atoms with Gasteiger partial charge in [0.25, 0.3) is 11.5 Å². The number of nitrogens with zero attached hydrogens (tertiary/aromatic N) is 1. The van der Waals surface area contributed by atoms with E-state index in [1.165, 1.54) is 25.8 Å². The van der Waals surface area contributed by atoms with E-state index in [4.69, 9.17) is 4.74 Å². The summed E-state index contributed by atoms with van der Waals surface area (Å²) in [5, 5.41) is 8.70. The number of esters is 1. The molecule has 1 aromatic heterocycles. The molecule has 1 aliphatic rings. The number of hydrogen-bond donors (Lipinski definition) is 2. The summed E-state index contributed by atoms with van der Waals surface area (Å²) in [5.74, 6) is -0.482. The summed E-state index contributed by atoms with van der Waals surface area (Å²) in [6.45, 7) is 0. The van der Waals surface area contributed by atoms with Crippen molar-refractivity contribution in [2.45, 2.75) is 44.6 Å². The number of carbonyl (C=O) groups excluding carboxylic acids is 2. The molecule has 1 fully saturated rings. The maximum Gasteiger partial charge on any atom is 0.307 e. The molecule has 7 heteroatoms. The van der Waals surface area contributed by atoms with Gasteiger partial charge < -0.3 is 10.1 Å². The number of hydrogen-bond acceptors (Lipinski definition) is 5. The lowest BCUT2D eigenvalue weighted by Crippen LogP contribution is -2.43. The van der Waals surface area contributed by atoms with Crippen LogP contribution in [0.15, 0.2) is 17.1 Å². The Morgan fingerprint density at radius 1 is 1.41 bits per heavy atom. The molecule has 1 aromatic rings. The summed E-state index contributed by atoms with van der Waals surface area (Å²) in [5.41, 5.74) is -0.246. The average molecular weight is 307 g/mol. The van der Waals surface area contributed by atoms with Crippen LogP contribution in [0.25, 0.3) is 0 Å². The Hall–Kier alpha value is -2.18. The normalized spacial score (nSPS) is 16.8. The fourth-order valence-electron chi connectivity index (χ4n) is 2.89. The van der Waals surface area contributed by atoms with Crippen molar-refractivity contribution in [2.75, 3.05) is 7.11 Å². The molecule has 0 radical (unpaired) electrons. The van der Waals surface area contributed by atoms with E-state index in [1.54, 1.807) is 0 Å². The van der Waals surface area contributed by atoms with Crippen molar-refractivity contribution in [2.24, 2.45) is 5.92 Å². The van der Waals surface area contributed by atoms with Crippen molar-refractivity contribution in [3.63, 3.8) is 0 Å². The Bertz CT molecular complexity index is 578. The Kier molecular flexibility index (Phi) is 5.68. The first-order valence-electron chi connectivity index (χ1n) is 7.52. The third-order valence-corrected chi connectivity index (χ3v) is 4.08. The van der Waals surface area contributed by atoms with E-state index in [0.717, 1.165) is 25.7 Å². The van der Waals surface area contributed by atoms with E-state index >= 15 is 0 Å². The summed E-state index contributed by atoms with van der Waals surface area (Å²) >= 11 is 0. The number of amides is 1. The molecule has 1 atom stereocenters. The maximum atomic E-state index is 12.3. The summed E-state index contributed by atoms with van der Waals surface area (Å²) in [4.78, 5) is 35.1. The molecular formula is C15H21N3O4. The van der Waals surface area contributed by atoms with Crippen molar-refractivity contribution < 1.29 is 14.3 Å². The molecule has 0 saturated heterocycles. The van der Waals surface area contributed by atoms with Gasteiger partial charge in [0, 0.05) is 12.1 Å². The van der Waals surface area contributed by atoms with Crippen LogP contribution in [-0.2, 0) is 9.53 Å². The number of H-pyrrole nitrogens is 1. The van der Waals surface area contributed by atoms with Crippen molar-refractivity contribution in [1.82, 2.24) is 15.5 Å². The van der Waals surface area contributed by atoms with E-state index in [0.29, 0.717) is 0 Å². The molecule has 1 unspecified atom stereocenters. The van der Waals surface area contributed by atoms with E-state index < -0.39 is 11.5 Å². The van der Waals surface area contributed by atoms with Crippen molar-refractivity contribution >= 4 is 11.9 Å². The molecule has 1 amide bonds. The van der Waals surface area contributed by atoms with Gasteiger partial charge in [0.05, 0.1) is 25.3 Å². The van der Waals surface area contributed by atoms with Crippen LogP contribution in [0, 0.1) is 5.92 Å². The van der Waals surface area contributed by atoms with E-state index in [1.807, 2.05) is 0 Å². The molecule has 2 rings (SSSR count). The van der Waals surface area contributed by atoms with Gasteiger partial charge in [-0.3, -0.25) is 14.4 Å². The van der Waals surface area contributed by atoms with Crippen LogP contribution in [0.4, 0.5) is 0 Å². The second-order valence-corrected chi connectivity index (χ2v) is 5.59.